The first-order chi connectivity index (χ1) is 9.01. The zero-order valence-electron chi connectivity index (χ0n) is 9.78. The lowest BCUT2D eigenvalue weighted by Crippen LogP contribution is -2.17. The lowest BCUT2D eigenvalue weighted by Gasteiger charge is -2.06. The van der Waals surface area contributed by atoms with E-state index in [-0.39, 0.29) is 10.7 Å². The molecule has 19 heavy (non-hydrogen) atoms. The van der Waals surface area contributed by atoms with Gasteiger partial charge in [-0.15, -0.1) is 0 Å². The number of aromatic nitrogens is 4. The molecule has 2 aromatic rings. The molecule has 0 aliphatic heterocycles. The van der Waals surface area contributed by atoms with Gasteiger partial charge in [-0.05, 0) is 6.07 Å². The van der Waals surface area contributed by atoms with Crippen molar-refractivity contribution >= 4 is 21.8 Å². The maximum Gasteiger partial charge on any atom is 0.266 e. The largest absolute Gasteiger partial charge is 0.357 e. The SMILES string of the molecule is CNc1ncc(S(=O)(=O)Nc2ccc(=O)[nH]n2)cn1. The summed E-state index contributed by atoms with van der Waals surface area (Å²) in [4.78, 5) is 18.3. The number of H-pyrrole nitrogens is 1. The van der Waals surface area contributed by atoms with Crippen LogP contribution in [0.1, 0.15) is 0 Å². The van der Waals surface area contributed by atoms with E-state index in [1.165, 1.54) is 6.07 Å². The molecule has 0 spiro atoms. The second-order valence-electron chi connectivity index (χ2n) is 3.40. The standard InChI is InChI=1S/C9H10N6O3S/c1-10-9-11-4-6(5-12-9)19(17,18)15-7-2-3-8(16)14-13-7/h2-5H,1H3,(H,13,15)(H,14,16)(H,10,11,12). The van der Waals surface area contributed by atoms with Crippen LogP contribution >= 0.6 is 0 Å². The van der Waals surface area contributed by atoms with Crippen molar-refractivity contribution in [2.45, 2.75) is 4.90 Å². The van der Waals surface area contributed by atoms with Crippen molar-refractivity contribution < 1.29 is 8.42 Å². The van der Waals surface area contributed by atoms with Crippen molar-refractivity contribution in [3.05, 3.63) is 34.9 Å². The Morgan fingerprint density at radius 3 is 2.42 bits per heavy atom. The lowest BCUT2D eigenvalue weighted by atomic mass is 10.5. The molecule has 0 aromatic carbocycles. The maximum absolute atomic E-state index is 11.9. The Hall–Kier alpha value is -2.49. The first-order valence-electron chi connectivity index (χ1n) is 5.09. The minimum Gasteiger partial charge on any atom is -0.357 e. The summed E-state index contributed by atoms with van der Waals surface area (Å²) in [6, 6.07) is 2.41. The molecule has 0 aliphatic carbocycles. The Bertz CT molecular complexity index is 704. The number of nitrogens with zero attached hydrogens (tertiary/aromatic N) is 3. The summed E-state index contributed by atoms with van der Waals surface area (Å²) < 4.78 is 26.1. The number of hydrogen-bond acceptors (Lipinski definition) is 7. The van der Waals surface area contributed by atoms with Crippen molar-refractivity contribution in [2.24, 2.45) is 0 Å². The molecule has 0 fully saturated rings. The van der Waals surface area contributed by atoms with E-state index in [9.17, 15) is 13.2 Å². The van der Waals surface area contributed by atoms with Crippen LogP contribution in [0.4, 0.5) is 11.8 Å². The van der Waals surface area contributed by atoms with Crippen LogP contribution in [0.15, 0.2) is 34.2 Å². The smallest absolute Gasteiger partial charge is 0.266 e. The van der Waals surface area contributed by atoms with Gasteiger partial charge >= 0.3 is 0 Å². The average Bonchev–Trinajstić information content (AvgIpc) is 2.41. The van der Waals surface area contributed by atoms with E-state index in [0.29, 0.717) is 5.95 Å². The van der Waals surface area contributed by atoms with Gasteiger partial charge in [-0.1, -0.05) is 0 Å². The molecule has 3 N–H and O–H groups in total. The Kier molecular flexibility index (Phi) is 3.42. The highest BCUT2D eigenvalue weighted by atomic mass is 32.2. The van der Waals surface area contributed by atoms with Crippen molar-refractivity contribution in [3.63, 3.8) is 0 Å². The molecule has 0 saturated heterocycles. The molecule has 2 rings (SSSR count). The number of aromatic amines is 1. The van der Waals surface area contributed by atoms with Crippen LogP contribution in [0.3, 0.4) is 0 Å². The van der Waals surface area contributed by atoms with Gasteiger partial charge in [-0.3, -0.25) is 9.52 Å². The van der Waals surface area contributed by atoms with Crippen LogP contribution in [0.2, 0.25) is 0 Å². The van der Waals surface area contributed by atoms with Crippen molar-refractivity contribution in [3.8, 4) is 0 Å². The summed E-state index contributed by atoms with van der Waals surface area (Å²) in [5.41, 5.74) is -0.426. The van der Waals surface area contributed by atoms with E-state index in [1.807, 2.05) is 0 Å². The maximum atomic E-state index is 11.9. The van der Waals surface area contributed by atoms with E-state index >= 15 is 0 Å². The Balaban J connectivity index is 2.26. The van der Waals surface area contributed by atoms with Crippen molar-refractivity contribution in [2.75, 3.05) is 17.1 Å². The molecule has 0 radical (unpaired) electrons. The highest BCUT2D eigenvalue weighted by Crippen LogP contribution is 2.11. The fraction of sp³-hybridized carbons (Fsp3) is 0.111. The fourth-order valence-corrected chi connectivity index (χ4v) is 2.07. The Labute approximate surface area is 108 Å². The van der Waals surface area contributed by atoms with Crippen LogP contribution < -0.4 is 15.6 Å². The number of sulfonamides is 1. The number of hydrogen-bond donors (Lipinski definition) is 3. The number of rotatable bonds is 4. The van der Waals surface area contributed by atoms with Gasteiger partial charge in [0, 0.05) is 13.1 Å². The molecule has 0 bridgehead atoms. The highest BCUT2D eigenvalue weighted by Gasteiger charge is 2.16. The molecule has 10 heteroatoms. The van der Waals surface area contributed by atoms with Gasteiger partial charge in [0.2, 0.25) is 5.95 Å². The average molecular weight is 282 g/mol. The number of nitrogens with one attached hydrogen (secondary N) is 3. The van der Waals surface area contributed by atoms with Crippen molar-refractivity contribution in [1.82, 2.24) is 20.2 Å². The second-order valence-corrected chi connectivity index (χ2v) is 5.09. The minimum absolute atomic E-state index is 0.00251. The fourth-order valence-electron chi connectivity index (χ4n) is 1.18. The minimum atomic E-state index is -3.84. The van der Waals surface area contributed by atoms with Crippen LogP contribution in [-0.4, -0.2) is 35.6 Å². The predicted octanol–water partition coefficient (Wildman–Crippen LogP) is -0.598. The van der Waals surface area contributed by atoms with E-state index in [1.54, 1.807) is 7.05 Å². The van der Waals surface area contributed by atoms with E-state index in [0.717, 1.165) is 18.5 Å². The van der Waals surface area contributed by atoms with Gasteiger partial charge in [-0.25, -0.2) is 23.5 Å². The van der Waals surface area contributed by atoms with Gasteiger partial charge in [0.05, 0.1) is 12.4 Å². The molecule has 2 aromatic heterocycles. The monoisotopic (exact) mass is 282 g/mol. The molecular weight excluding hydrogens is 272 g/mol. The van der Waals surface area contributed by atoms with E-state index in [4.69, 9.17) is 0 Å². The Morgan fingerprint density at radius 2 is 1.89 bits per heavy atom. The lowest BCUT2D eigenvalue weighted by molar-refractivity contribution is 0.600. The third kappa shape index (κ3) is 3.04. The normalized spacial score (nSPS) is 11.0. The first kappa shape index (κ1) is 13.0. The van der Waals surface area contributed by atoms with Gasteiger partial charge in [0.25, 0.3) is 15.6 Å². The summed E-state index contributed by atoms with van der Waals surface area (Å²) in [6.45, 7) is 0. The molecular formula is C9H10N6O3S. The second kappa shape index (κ2) is 5.02. The third-order valence-electron chi connectivity index (χ3n) is 2.08. The van der Waals surface area contributed by atoms with Crippen LogP contribution in [0.5, 0.6) is 0 Å². The molecule has 100 valence electrons. The van der Waals surface area contributed by atoms with Gasteiger partial charge in [0.1, 0.15) is 4.90 Å². The van der Waals surface area contributed by atoms with Crippen LogP contribution in [0.25, 0.3) is 0 Å². The third-order valence-corrected chi connectivity index (χ3v) is 3.39. The quantitative estimate of drug-likeness (QED) is 0.682. The summed E-state index contributed by atoms with van der Waals surface area (Å²) in [7, 11) is -2.22. The summed E-state index contributed by atoms with van der Waals surface area (Å²) in [5.74, 6) is 0.304. The van der Waals surface area contributed by atoms with E-state index in [2.05, 4.69) is 30.2 Å². The molecule has 0 unspecified atom stereocenters. The topological polar surface area (TPSA) is 130 Å². The molecule has 2 heterocycles. The van der Waals surface area contributed by atoms with Gasteiger partial charge in [-0.2, -0.15) is 5.10 Å². The summed E-state index contributed by atoms with van der Waals surface area (Å²) in [5, 5.41) is 8.33. The van der Waals surface area contributed by atoms with E-state index < -0.39 is 15.6 Å². The molecule has 0 saturated carbocycles. The van der Waals surface area contributed by atoms with Gasteiger partial charge < -0.3 is 5.32 Å². The summed E-state index contributed by atoms with van der Waals surface area (Å²) >= 11 is 0. The Morgan fingerprint density at radius 1 is 1.21 bits per heavy atom. The molecule has 0 aliphatic rings. The van der Waals surface area contributed by atoms with Crippen LogP contribution in [0, 0.1) is 0 Å². The van der Waals surface area contributed by atoms with Crippen molar-refractivity contribution in [1.29, 1.82) is 0 Å². The zero-order valence-corrected chi connectivity index (χ0v) is 10.6. The first-order valence-corrected chi connectivity index (χ1v) is 6.58. The number of anilines is 2. The summed E-state index contributed by atoms with van der Waals surface area (Å²) in [6.07, 6.45) is 2.32. The zero-order chi connectivity index (χ0) is 13.9. The molecule has 0 amide bonds. The van der Waals surface area contributed by atoms with Crippen LogP contribution in [-0.2, 0) is 10.0 Å². The van der Waals surface area contributed by atoms with Gasteiger partial charge in [0.15, 0.2) is 5.82 Å². The molecule has 0 atom stereocenters. The predicted molar refractivity (Wildman–Crippen MR) is 67.2 cm³/mol. The highest BCUT2D eigenvalue weighted by molar-refractivity contribution is 7.92. The molecule has 9 nitrogen and oxygen atoms in total.